The number of anilines is 2. The summed E-state index contributed by atoms with van der Waals surface area (Å²) in [6.07, 6.45) is 8.57. The predicted octanol–water partition coefficient (Wildman–Crippen LogP) is 3.81. The summed E-state index contributed by atoms with van der Waals surface area (Å²) in [5.74, 6) is 1.08. The van der Waals surface area contributed by atoms with Gasteiger partial charge < -0.3 is 10.2 Å². The molecule has 0 bridgehead atoms. The highest BCUT2D eigenvalue weighted by atomic mass is 16.2. The summed E-state index contributed by atoms with van der Waals surface area (Å²) >= 11 is 0. The highest BCUT2D eigenvalue weighted by Gasteiger charge is 2.21. The Morgan fingerprint density at radius 2 is 2.00 bits per heavy atom. The van der Waals surface area contributed by atoms with Crippen LogP contribution in [0.2, 0.25) is 0 Å². The minimum atomic E-state index is 0.259. The Morgan fingerprint density at radius 3 is 2.75 bits per heavy atom. The molecule has 3 rings (SSSR count). The zero-order valence-electron chi connectivity index (χ0n) is 12.1. The van der Waals surface area contributed by atoms with Crippen molar-refractivity contribution in [2.45, 2.75) is 44.9 Å². The van der Waals surface area contributed by atoms with Crippen molar-refractivity contribution in [3.05, 3.63) is 24.3 Å². The fourth-order valence-electron chi connectivity index (χ4n) is 3.36. The number of nitrogens with one attached hydrogen (secondary N) is 1. The second kappa shape index (κ2) is 6.29. The first-order valence-corrected chi connectivity index (χ1v) is 7.97. The Bertz CT molecular complexity index is 466. The van der Waals surface area contributed by atoms with E-state index in [0.29, 0.717) is 6.42 Å². The van der Waals surface area contributed by atoms with Crippen LogP contribution >= 0.6 is 0 Å². The topological polar surface area (TPSA) is 32.3 Å². The Kier molecular flexibility index (Phi) is 4.24. The average Bonchev–Trinajstić information content (AvgIpc) is 2.93. The lowest BCUT2D eigenvalue weighted by atomic mass is 9.89. The maximum Gasteiger partial charge on any atom is 0.227 e. The zero-order valence-corrected chi connectivity index (χ0v) is 12.1. The van der Waals surface area contributed by atoms with Gasteiger partial charge in [0.2, 0.25) is 5.91 Å². The van der Waals surface area contributed by atoms with Gasteiger partial charge in [-0.3, -0.25) is 4.79 Å². The molecular weight excluding hydrogens is 248 g/mol. The van der Waals surface area contributed by atoms with Crippen LogP contribution in [0.3, 0.4) is 0 Å². The van der Waals surface area contributed by atoms with Gasteiger partial charge in [0.1, 0.15) is 0 Å². The van der Waals surface area contributed by atoms with E-state index in [1.807, 2.05) is 17.0 Å². The predicted molar refractivity (Wildman–Crippen MR) is 83.1 cm³/mol. The molecule has 2 fully saturated rings. The summed E-state index contributed by atoms with van der Waals surface area (Å²) in [5, 5.41) is 3.56. The monoisotopic (exact) mass is 272 g/mol. The van der Waals surface area contributed by atoms with E-state index in [-0.39, 0.29) is 5.91 Å². The summed E-state index contributed by atoms with van der Waals surface area (Å²) < 4.78 is 0. The molecule has 108 valence electrons. The summed E-state index contributed by atoms with van der Waals surface area (Å²) in [4.78, 5) is 13.7. The van der Waals surface area contributed by atoms with Gasteiger partial charge in [-0.2, -0.15) is 0 Å². The normalized spacial score (nSPS) is 20.4. The Hall–Kier alpha value is -1.51. The van der Waals surface area contributed by atoms with E-state index in [0.717, 1.165) is 36.8 Å². The van der Waals surface area contributed by atoms with E-state index in [9.17, 15) is 4.79 Å². The number of rotatable bonds is 4. The second-order valence-corrected chi connectivity index (χ2v) is 6.08. The van der Waals surface area contributed by atoms with Crippen molar-refractivity contribution in [1.29, 1.82) is 0 Å². The van der Waals surface area contributed by atoms with E-state index in [2.05, 4.69) is 17.4 Å². The van der Waals surface area contributed by atoms with Crippen molar-refractivity contribution < 1.29 is 4.79 Å². The van der Waals surface area contributed by atoms with Crippen LogP contribution < -0.4 is 10.2 Å². The Labute approximate surface area is 121 Å². The van der Waals surface area contributed by atoms with Crippen molar-refractivity contribution >= 4 is 17.3 Å². The van der Waals surface area contributed by atoms with Gasteiger partial charge in [-0.15, -0.1) is 0 Å². The summed E-state index contributed by atoms with van der Waals surface area (Å²) in [5.41, 5.74) is 2.19. The molecule has 1 amide bonds. The molecule has 0 radical (unpaired) electrons. The van der Waals surface area contributed by atoms with Gasteiger partial charge in [-0.1, -0.05) is 25.3 Å². The smallest absolute Gasteiger partial charge is 0.227 e. The molecular formula is C17H24N2O. The highest BCUT2D eigenvalue weighted by molar-refractivity contribution is 5.95. The average molecular weight is 272 g/mol. The minimum absolute atomic E-state index is 0.259. The second-order valence-electron chi connectivity index (χ2n) is 6.08. The summed E-state index contributed by atoms with van der Waals surface area (Å²) in [7, 11) is 0. The fraction of sp³-hybridized carbons (Fsp3) is 0.588. The van der Waals surface area contributed by atoms with Gasteiger partial charge in [-0.25, -0.2) is 0 Å². The van der Waals surface area contributed by atoms with Crippen LogP contribution in [0.1, 0.15) is 44.9 Å². The maximum absolute atomic E-state index is 11.8. The molecule has 1 N–H and O–H groups in total. The van der Waals surface area contributed by atoms with Crippen LogP contribution in [0.5, 0.6) is 0 Å². The zero-order chi connectivity index (χ0) is 13.8. The number of carbonyl (C=O) groups excluding carboxylic acids is 1. The molecule has 0 unspecified atom stereocenters. The fourth-order valence-corrected chi connectivity index (χ4v) is 3.36. The Morgan fingerprint density at radius 1 is 1.15 bits per heavy atom. The molecule has 1 aromatic rings. The molecule has 2 aliphatic rings. The molecule has 1 heterocycles. The van der Waals surface area contributed by atoms with E-state index in [1.165, 1.54) is 32.1 Å². The van der Waals surface area contributed by atoms with Crippen molar-refractivity contribution in [3.8, 4) is 0 Å². The summed E-state index contributed by atoms with van der Waals surface area (Å²) in [6.45, 7) is 1.93. The molecule has 1 aliphatic heterocycles. The van der Waals surface area contributed by atoms with Crippen LogP contribution in [0, 0.1) is 5.92 Å². The molecule has 1 saturated carbocycles. The van der Waals surface area contributed by atoms with Gasteiger partial charge in [0, 0.05) is 30.9 Å². The van der Waals surface area contributed by atoms with E-state index < -0.39 is 0 Å². The van der Waals surface area contributed by atoms with Crippen LogP contribution in [0.4, 0.5) is 11.4 Å². The number of hydrogen-bond donors (Lipinski definition) is 1. The number of hydrogen-bond acceptors (Lipinski definition) is 2. The number of amides is 1. The lowest BCUT2D eigenvalue weighted by Crippen LogP contribution is -2.23. The van der Waals surface area contributed by atoms with Gasteiger partial charge in [0.25, 0.3) is 0 Å². The molecule has 1 aromatic carbocycles. The number of carbonyl (C=O) groups is 1. The van der Waals surface area contributed by atoms with Gasteiger partial charge in [0.05, 0.1) is 0 Å². The molecule has 0 atom stereocenters. The largest absolute Gasteiger partial charge is 0.385 e. The first kappa shape index (κ1) is 13.5. The first-order chi connectivity index (χ1) is 9.83. The van der Waals surface area contributed by atoms with E-state index in [1.54, 1.807) is 0 Å². The highest BCUT2D eigenvalue weighted by Crippen LogP contribution is 2.26. The third kappa shape index (κ3) is 3.14. The van der Waals surface area contributed by atoms with Gasteiger partial charge in [-0.05, 0) is 43.4 Å². The molecule has 0 aromatic heterocycles. The maximum atomic E-state index is 11.8. The third-order valence-electron chi connectivity index (χ3n) is 4.55. The van der Waals surface area contributed by atoms with E-state index >= 15 is 0 Å². The quantitative estimate of drug-likeness (QED) is 0.904. The SMILES string of the molecule is O=C1CCCN1c1cccc(NCC2CCCCC2)c1. The van der Waals surface area contributed by atoms with Crippen LogP contribution in [0.25, 0.3) is 0 Å². The molecule has 3 nitrogen and oxygen atoms in total. The van der Waals surface area contributed by atoms with Crippen molar-refractivity contribution in [1.82, 2.24) is 0 Å². The van der Waals surface area contributed by atoms with Crippen LogP contribution in [-0.4, -0.2) is 19.0 Å². The van der Waals surface area contributed by atoms with Crippen molar-refractivity contribution in [2.75, 3.05) is 23.3 Å². The van der Waals surface area contributed by atoms with Crippen molar-refractivity contribution in [3.63, 3.8) is 0 Å². The minimum Gasteiger partial charge on any atom is -0.385 e. The van der Waals surface area contributed by atoms with Gasteiger partial charge >= 0.3 is 0 Å². The van der Waals surface area contributed by atoms with Gasteiger partial charge in [0.15, 0.2) is 0 Å². The lowest BCUT2D eigenvalue weighted by molar-refractivity contribution is -0.117. The first-order valence-electron chi connectivity index (χ1n) is 7.97. The Balaban J connectivity index is 1.60. The third-order valence-corrected chi connectivity index (χ3v) is 4.55. The van der Waals surface area contributed by atoms with Crippen molar-refractivity contribution in [2.24, 2.45) is 5.92 Å². The standard InChI is InChI=1S/C17H24N2O/c20-17-10-5-11-19(17)16-9-4-8-15(12-16)18-13-14-6-2-1-3-7-14/h4,8-9,12,14,18H,1-3,5-7,10-11,13H2. The molecule has 1 aliphatic carbocycles. The van der Waals surface area contributed by atoms with E-state index in [4.69, 9.17) is 0 Å². The van der Waals surface area contributed by atoms with Crippen LogP contribution in [0.15, 0.2) is 24.3 Å². The van der Waals surface area contributed by atoms with Crippen LogP contribution in [-0.2, 0) is 4.79 Å². The molecule has 0 spiro atoms. The number of benzene rings is 1. The summed E-state index contributed by atoms with van der Waals surface area (Å²) in [6, 6.07) is 8.30. The lowest BCUT2D eigenvalue weighted by Gasteiger charge is -2.23. The number of nitrogens with zero attached hydrogens (tertiary/aromatic N) is 1. The molecule has 1 saturated heterocycles. The molecule has 20 heavy (non-hydrogen) atoms. The molecule has 3 heteroatoms.